The molecule has 1 aromatic carbocycles. The summed E-state index contributed by atoms with van der Waals surface area (Å²) in [7, 11) is 3.72. The van der Waals surface area contributed by atoms with Gasteiger partial charge in [-0.15, -0.1) is 0 Å². The monoisotopic (exact) mass is 372 g/mol. The first-order valence-electron chi connectivity index (χ1n) is 8.55. The topological polar surface area (TPSA) is 74.0 Å². The van der Waals surface area contributed by atoms with Gasteiger partial charge in [0.25, 0.3) is 11.7 Å². The van der Waals surface area contributed by atoms with Crippen molar-refractivity contribution in [2.75, 3.05) is 27.2 Å². The van der Waals surface area contributed by atoms with Gasteiger partial charge in [-0.2, -0.15) is 0 Å². The fraction of sp³-hybridized carbons (Fsp3) is 0.300. The number of benzene rings is 1. The molecule has 1 amide bonds. The van der Waals surface area contributed by atoms with Crippen LogP contribution in [0, 0.1) is 12.7 Å². The summed E-state index contributed by atoms with van der Waals surface area (Å²) in [5.74, 6) is -1.26. The van der Waals surface area contributed by atoms with E-state index in [-0.39, 0.29) is 16.9 Å². The van der Waals surface area contributed by atoms with Crippen molar-refractivity contribution >= 4 is 17.4 Å². The molecule has 27 heavy (non-hydrogen) atoms. The van der Waals surface area contributed by atoms with Crippen LogP contribution in [0.1, 0.15) is 23.1 Å². The fourth-order valence-corrected chi connectivity index (χ4v) is 3.08. The van der Waals surface area contributed by atoms with Crippen LogP contribution in [-0.4, -0.2) is 53.8 Å². The van der Waals surface area contributed by atoms with Crippen LogP contribution in [0.5, 0.6) is 0 Å². The van der Waals surface area contributed by atoms with Crippen LogP contribution in [0.2, 0.25) is 0 Å². The number of aliphatic hydroxyl groups is 1. The van der Waals surface area contributed by atoms with E-state index in [9.17, 15) is 19.1 Å². The number of amides is 1. The van der Waals surface area contributed by atoms with Crippen molar-refractivity contribution in [3.63, 3.8) is 0 Å². The van der Waals surface area contributed by atoms with Gasteiger partial charge < -0.3 is 19.3 Å². The van der Waals surface area contributed by atoms with Crippen molar-refractivity contribution < 1.29 is 23.5 Å². The third-order valence-electron chi connectivity index (χ3n) is 4.48. The summed E-state index contributed by atoms with van der Waals surface area (Å²) in [6.07, 6.45) is 0. The SMILES string of the molecule is Cc1ccc(C2C(=C(O)c3ccc(F)cc3)C(=O)C(=O)N2CCN(C)C)o1. The zero-order valence-electron chi connectivity index (χ0n) is 15.4. The van der Waals surface area contributed by atoms with Crippen LogP contribution in [0.3, 0.4) is 0 Å². The molecule has 0 radical (unpaired) electrons. The van der Waals surface area contributed by atoms with Gasteiger partial charge in [-0.3, -0.25) is 9.59 Å². The highest BCUT2D eigenvalue weighted by atomic mass is 19.1. The second kappa shape index (κ2) is 7.36. The quantitative estimate of drug-likeness (QED) is 0.496. The maximum absolute atomic E-state index is 13.2. The highest BCUT2D eigenvalue weighted by molar-refractivity contribution is 6.46. The van der Waals surface area contributed by atoms with E-state index in [4.69, 9.17) is 4.42 Å². The molecule has 1 fully saturated rings. The number of likely N-dealkylation sites (N-methyl/N-ethyl adjacent to an activating group) is 1. The van der Waals surface area contributed by atoms with Gasteiger partial charge in [-0.1, -0.05) is 0 Å². The molecule has 0 bridgehead atoms. The van der Waals surface area contributed by atoms with Crippen molar-refractivity contribution in [2.45, 2.75) is 13.0 Å². The Hall–Kier alpha value is -2.93. The summed E-state index contributed by atoms with van der Waals surface area (Å²) >= 11 is 0. The molecule has 0 spiro atoms. The number of hydrogen-bond acceptors (Lipinski definition) is 5. The number of halogens is 1. The third-order valence-corrected chi connectivity index (χ3v) is 4.48. The van der Waals surface area contributed by atoms with Crippen molar-refractivity contribution in [2.24, 2.45) is 0 Å². The van der Waals surface area contributed by atoms with Crippen LogP contribution < -0.4 is 0 Å². The Bertz CT molecular complexity index is 899. The summed E-state index contributed by atoms with van der Waals surface area (Å²) in [5, 5.41) is 10.7. The van der Waals surface area contributed by atoms with Gasteiger partial charge in [-0.25, -0.2) is 4.39 Å². The minimum Gasteiger partial charge on any atom is -0.507 e. The van der Waals surface area contributed by atoms with Crippen LogP contribution in [-0.2, 0) is 9.59 Å². The zero-order valence-corrected chi connectivity index (χ0v) is 15.4. The maximum Gasteiger partial charge on any atom is 0.295 e. The molecule has 6 nitrogen and oxygen atoms in total. The Morgan fingerprint density at radius 1 is 1.19 bits per heavy atom. The van der Waals surface area contributed by atoms with Gasteiger partial charge >= 0.3 is 0 Å². The highest BCUT2D eigenvalue weighted by Crippen LogP contribution is 2.39. The lowest BCUT2D eigenvalue weighted by molar-refractivity contribution is -0.140. The molecule has 3 rings (SSSR count). The summed E-state index contributed by atoms with van der Waals surface area (Å²) in [6.45, 7) is 2.59. The molecule has 1 saturated heterocycles. The Labute approximate surface area is 156 Å². The van der Waals surface area contributed by atoms with E-state index in [1.54, 1.807) is 19.1 Å². The number of nitrogens with zero attached hydrogens (tertiary/aromatic N) is 2. The second-order valence-corrected chi connectivity index (χ2v) is 6.75. The van der Waals surface area contributed by atoms with E-state index in [0.29, 0.717) is 24.6 Å². The fourth-order valence-electron chi connectivity index (χ4n) is 3.08. The van der Waals surface area contributed by atoms with Crippen LogP contribution in [0.25, 0.3) is 5.76 Å². The molecule has 1 atom stereocenters. The Morgan fingerprint density at radius 2 is 1.85 bits per heavy atom. The molecule has 1 aliphatic rings. The molecule has 1 unspecified atom stereocenters. The minimum absolute atomic E-state index is 0.0558. The smallest absolute Gasteiger partial charge is 0.295 e. The average molecular weight is 372 g/mol. The maximum atomic E-state index is 13.2. The molecular formula is C20H21FN2O4. The van der Waals surface area contributed by atoms with E-state index in [1.165, 1.54) is 29.2 Å². The molecule has 142 valence electrons. The lowest BCUT2D eigenvalue weighted by atomic mass is 9.99. The van der Waals surface area contributed by atoms with Crippen LogP contribution in [0.4, 0.5) is 4.39 Å². The second-order valence-electron chi connectivity index (χ2n) is 6.75. The number of carbonyl (C=O) groups is 2. The lowest BCUT2D eigenvalue weighted by Gasteiger charge is -2.24. The third kappa shape index (κ3) is 3.64. The number of hydrogen-bond donors (Lipinski definition) is 1. The first-order valence-corrected chi connectivity index (χ1v) is 8.55. The molecule has 1 aliphatic heterocycles. The molecule has 0 aliphatic carbocycles. The average Bonchev–Trinajstić information content (AvgIpc) is 3.15. The minimum atomic E-state index is -0.830. The zero-order chi connectivity index (χ0) is 19.7. The number of ketones is 1. The normalized spacial score (nSPS) is 19.3. The van der Waals surface area contributed by atoms with Crippen molar-refractivity contribution in [1.82, 2.24) is 9.80 Å². The van der Waals surface area contributed by atoms with Gasteiger partial charge in [0.15, 0.2) is 0 Å². The molecular weight excluding hydrogens is 351 g/mol. The van der Waals surface area contributed by atoms with Crippen LogP contribution >= 0.6 is 0 Å². The summed E-state index contributed by atoms with van der Waals surface area (Å²) in [6, 6.07) is 7.69. The number of aryl methyl sites for hydroxylation is 1. The molecule has 0 saturated carbocycles. The Balaban J connectivity index is 2.11. The molecule has 1 aromatic heterocycles. The van der Waals surface area contributed by atoms with Gasteiger partial charge in [-0.05, 0) is 57.4 Å². The molecule has 7 heteroatoms. The number of rotatable bonds is 5. The Morgan fingerprint density at radius 3 is 2.41 bits per heavy atom. The number of carbonyl (C=O) groups excluding carboxylic acids is 2. The van der Waals surface area contributed by atoms with Gasteiger partial charge in [0.05, 0.1) is 5.57 Å². The summed E-state index contributed by atoms with van der Waals surface area (Å²) in [4.78, 5) is 28.6. The largest absolute Gasteiger partial charge is 0.507 e. The predicted molar refractivity (Wildman–Crippen MR) is 97.4 cm³/mol. The predicted octanol–water partition coefficient (Wildman–Crippen LogP) is 2.71. The van der Waals surface area contributed by atoms with Crippen LogP contribution in [0.15, 0.2) is 46.4 Å². The van der Waals surface area contributed by atoms with E-state index in [2.05, 4.69) is 0 Å². The van der Waals surface area contributed by atoms with E-state index in [0.717, 1.165) is 0 Å². The van der Waals surface area contributed by atoms with Gasteiger partial charge in [0.1, 0.15) is 29.1 Å². The highest BCUT2D eigenvalue weighted by Gasteiger charge is 2.47. The standard InChI is InChI=1S/C20H21FN2O4/c1-12-4-9-15(27-12)17-16(18(24)13-5-7-14(21)8-6-13)19(25)20(26)23(17)11-10-22(2)3/h4-9,17,24H,10-11H2,1-3H3. The van der Waals surface area contributed by atoms with E-state index in [1.807, 2.05) is 19.0 Å². The molecule has 1 N–H and O–H groups in total. The first-order chi connectivity index (χ1) is 12.8. The number of aliphatic hydroxyl groups excluding tert-OH is 1. The van der Waals surface area contributed by atoms with Crippen molar-refractivity contribution in [3.05, 3.63) is 64.9 Å². The molecule has 2 heterocycles. The van der Waals surface area contributed by atoms with E-state index < -0.39 is 23.5 Å². The Kier molecular flexibility index (Phi) is 5.14. The van der Waals surface area contributed by atoms with Crippen molar-refractivity contribution in [3.8, 4) is 0 Å². The molecule has 2 aromatic rings. The number of furan rings is 1. The lowest BCUT2D eigenvalue weighted by Crippen LogP contribution is -2.35. The van der Waals surface area contributed by atoms with E-state index >= 15 is 0 Å². The summed E-state index contributed by atoms with van der Waals surface area (Å²) in [5.41, 5.74) is 0.204. The van der Waals surface area contributed by atoms with Gasteiger partial charge in [0, 0.05) is 18.7 Å². The van der Waals surface area contributed by atoms with Crippen molar-refractivity contribution in [1.29, 1.82) is 0 Å². The number of likely N-dealkylation sites (tertiary alicyclic amines) is 1. The first kappa shape index (κ1) is 18.8. The van der Waals surface area contributed by atoms with Gasteiger partial charge in [0.2, 0.25) is 0 Å². The number of Topliss-reactive ketones (excluding diaryl/α,β-unsaturated/α-hetero) is 1. The summed E-state index contributed by atoms with van der Waals surface area (Å²) < 4.78 is 18.9.